The molecule has 5 nitrogen and oxygen atoms in total. The van der Waals surface area contributed by atoms with Gasteiger partial charge in [0.1, 0.15) is 5.75 Å². The molecule has 6 heteroatoms. The number of thiophene rings is 1. The molecule has 0 radical (unpaired) electrons. The number of benzene rings is 1. The predicted molar refractivity (Wildman–Crippen MR) is 129 cm³/mol. The number of carbonyl (C=O) groups excluding carboxylic acids is 1. The smallest absolute Gasteiger partial charge is 0.263 e. The Morgan fingerprint density at radius 1 is 1.23 bits per heavy atom. The lowest BCUT2D eigenvalue weighted by Gasteiger charge is -2.47. The first kappa shape index (κ1) is 23.5. The Bertz CT molecular complexity index is 892. The topological polar surface area (TPSA) is 47.0 Å². The van der Waals surface area contributed by atoms with E-state index in [0.717, 1.165) is 35.0 Å². The van der Waals surface area contributed by atoms with Gasteiger partial charge in [-0.25, -0.2) is 0 Å². The first-order valence-electron chi connectivity index (χ1n) is 11.2. The second-order valence-electron chi connectivity index (χ2n) is 8.31. The monoisotopic (exact) mass is 441 g/mol. The Hall–Kier alpha value is -2.15. The largest absolute Gasteiger partial charge is 0.508 e. The van der Waals surface area contributed by atoms with E-state index < -0.39 is 0 Å². The number of aromatic hydroxyl groups is 1. The number of hydrogen-bond acceptors (Lipinski definition) is 5. The molecule has 2 aromatic rings. The maximum Gasteiger partial charge on any atom is 0.263 e. The Morgan fingerprint density at radius 3 is 2.61 bits per heavy atom. The van der Waals surface area contributed by atoms with Crippen LogP contribution in [-0.4, -0.2) is 70.5 Å². The average molecular weight is 442 g/mol. The van der Waals surface area contributed by atoms with Gasteiger partial charge in [0, 0.05) is 49.7 Å². The summed E-state index contributed by atoms with van der Waals surface area (Å²) in [5, 5.41) is 10.2. The summed E-state index contributed by atoms with van der Waals surface area (Å²) in [5.41, 5.74) is 1.06. The van der Waals surface area contributed by atoms with Crippen molar-refractivity contribution in [1.29, 1.82) is 0 Å². The SMILES string of the molecule is C=CCN1C[C@H](C)N([C@@H](c2cccc(O)c2)c2ccc(C(=O)N(CC)CC)s2)C[C@H]1C. The van der Waals surface area contributed by atoms with E-state index in [1.54, 1.807) is 17.4 Å². The number of piperazine rings is 1. The number of hydrogen-bond donors (Lipinski definition) is 1. The standard InChI is InChI=1S/C25H35N3O2S/c1-6-14-27-16-19(5)28(17-18(27)4)24(20-10-9-11-21(29)15-20)22-12-13-23(31-22)25(30)26(7-2)8-3/h6,9-13,15,18-19,24,29H,1,7-8,14,16-17H2,2-5H3/t18-,19+,24+/m1/s1. The lowest BCUT2D eigenvalue weighted by atomic mass is 9.98. The molecule has 1 aromatic heterocycles. The van der Waals surface area contributed by atoms with Gasteiger partial charge in [0.25, 0.3) is 5.91 Å². The maximum absolute atomic E-state index is 12.9. The Balaban J connectivity index is 1.97. The molecule has 1 saturated heterocycles. The van der Waals surface area contributed by atoms with Crippen LogP contribution in [0.4, 0.5) is 0 Å². The van der Waals surface area contributed by atoms with Crippen LogP contribution < -0.4 is 0 Å². The zero-order chi connectivity index (χ0) is 22.5. The number of phenolic OH excluding ortho intramolecular Hbond substituents is 1. The third-order valence-corrected chi connectivity index (χ3v) is 7.33. The van der Waals surface area contributed by atoms with E-state index in [2.05, 4.69) is 42.4 Å². The number of carbonyl (C=O) groups is 1. The van der Waals surface area contributed by atoms with Crippen molar-refractivity contribution < 1.29 is 9.90 Å². The third kappa shape index (κ3) is 5.20. The lowest BCUT2D eigenvalue weighted by Crippen LogP contribution is -2.57. The molecule has 1 aliphatic rings. The van der Waals surface area contributed by atoms with Crippen molar-refractivity contribution in [2.75, 3.05) is 32.7 Å². The predicted octanol–water partition coefficient (Wildman–Crippen LogP) is 4.61. The summed E-state index contributed by atoms with van der Waals surface area (Å²) < 4.78 is 0. The molecule has 0 unspecified atom stereocenters. The molecular weight excluding hydrogens is 406 g/mol. The molecule has 0 saturated carbocycles. The highest BCUT2D eigenvalue weighted by molar-refractivity contribution is 7.14. The summed E-state index contributed by atoms with van der Waals surface area (Å²) in [6.07, 6.45) is 1.97. The van der Waals surface area contributed by atoms with Gasteiger partial charge < -0.3 is 10.0 Å². The van der Waals surface area contributed by atoms with Crippen LogP contribution in [0.15, 0.2) is 49.1 Å². The minimum absolute atomic E-state index is 0.00122. The molecule has 1 fully saturated rings. The molecule has 0 bridgehead atoms. The first-order valence-corrected chi connectivity index (χ1v) is 12.0. The van der Waals surface area contributed by atoms with E-state index in [9.17, 15) is 9.90 Å². The van der Waals surface area contributed by atoms with E-state index in [1.807, 2.05) is 43.0 Å². The molecule has 1 aromatic carbocycles. The van der Waals surface area contributed by atoms with E-state index in [-0.39, 0.29) is 17.7 Å². The second kappa shape index (κ2) is 10.4. The normalized spacial score (nSPS) is 21.0. The van der Waals surface area contributed by atoms with E-state index in [0.29, 0.717) is 25.2 Å². The third-order valence-electron chi connectivity index (χ3n) is 6.20. The molecule has 1 aliphatic heterocycles. The number of rotatable bonds is 8. The first-order chi connectivity index (χ1) is 14.9. The Morgan fingerprint density at radius 2 is 1.97 bits per heavy atom. The molecule has 168 valence electrons. The van der Waals surface area contributed by atoms with Crippen molar-refractivity contribution in [3.05, 3.63) is 64.4 Å². The van der Waals surface area contributed by atoms with Gasteiger partial charge in [-0.05, 0) is 57.5 Å². The fraction of sp³-hybridized carbons (Fsp3) is 0.480. The van der Waals surface area contributed by atoms with Gasteiger partial charge in [0.15, 0.2) is 0 Å². The van der Waals surface area contributed by atoms with Gasteiger partial charge in [-0.3, -0.25) is 14.6 Å². The van der Waals surface area contributed by atoms with E-state index in [4.69, 9.17) is 0 Å². The van der Waals surface area contributed by atoms with Gasteiger partial charge in [0.05, 0.1) is 10.9 Å². The van der Waals surface area contributed by atoms with Crippen LogP contribution in [-0.2, 0) is 0 Å². The zero-order valence-electron chi connectivity index (χ0n) is 19.1. The van der Waals surface area contributed by atoms with E-state index >= 15 is 0 Å². The average Bonchev–Trinajstić information content (AvgIpc) is 3.22. The van der Waals surface area contributed by atoms with Crippen molar-refractivity contribution in [3.8, 4) is 5.75 Å². The van der Waals surface area contributed by atoms with Crippen molar-refractivity contribution in [1.82, 2.24) is 14.7 Å². The molecule has 3 atom stereocenters. The van der Waals surface area contributed by atoms with Crippen LogP contribution in [0, 0.1) is 0 Å². The molecule has 2 heterocycles. The minimum Gasteiger partial charge on any atom is -0.508 e. The van der Waals surface area contributed by atoms with E-state index in [1.165, 1.54) is 0 Å². The minimum atomic E-state index is -0.00122. The summed E-state index contributed by atoms with van der Waals surface area (Å²) in [5.74, 6) is 0.359. The van der Waals surface area contributed by atoms with Crippen molar-refractivity contribution in [3.63, 3.8) is 0 Å². The van der Waals surface area contributed by atoms with Gasteiger partial charge in [-0.1, -0.05) is 18.2 Å². The zero-order valence-corrected chi connectivity index (χ0v) is 19.9. The quantitative estimate of drug-likeness (QED) is 0.608. The fourth-order valence-corrected chi connectivity index (χ4v) is 5.63. The van der Waals surface area contributed by atoms with Gasteiger partial charge in [-0.15, -0.1) is 17.9 Å². The van der Waals surface area contributed by atoms with Crippen LogP contribution in [0.2, 0.25) is 0 Å². The van der Waals surface area contributed by atoms with Gasteiger partial charge >= 0.3 is 0 Å². The van der Waals surface area contributed by atoms with Crippen LogP contribution in [0.3, 0.4) is 0 Å². The molecular formula is C25H35N3O2S. The van der Waals surface area contributed by atoms with Crippen LogP contribution in [0.1, 0.15) is 53.8 Å². The highest BCUT2D eigenvalue weighted by Crippen LogP contribution is 2.38. The molecule has 0 aliphatic carbocycles. The highest BCUT2D eigenvalue weighted by Gasteiger charge is 2.35. The second-order valence-corrected chi connectivity index (χ2v) is 9.43. The number of amides is 1. The van der Waals surface area contributed by atoms with Gasteiger partial charge in [0.2, 0.25) is 0 Å². The Kier molecular flexibility index (Phi) is 7.92. The molecule has 31 heavy (non-hydrogen) atoms. The number of nitrogens with zero attached hydrogens (tertiary/aromatic N) is 3. The summed E-state index contributed by atoms with van der Waals surface area (Å²) in [7, 11) is 0. The lowest BCUT2D eigenvalue weighted by molar-refractivity contribution is 0.0315. The summed E-state index contributed by atoms with van der Waals surface area (Å²) >= 11 is 1.57. The summed E-state index contributed by atoms with van der Waals surface area (Å²) in [6.45, 7) is 16.6. The molecule has 0 spiro atoms. The molecule has 3 rings (SSSR count). The van der Waals surface area contributed by atoms with Gasteiger partial charge in [-0.2, -0.15) is 0 Å². The summed E-state index contributed by atoms with van der Waals surface area (Å²) in [6, 6.07) is 12.3. The number of phenols is 1. The Labute approximate surface area is 190 Å². The van der Waals surface area contributed by atoms with Crippen LogP contribution in [0.25, 0.3) is 0 Å². The summed E-state index contributed by atoms with van der Waals surface area (Å²) in [4.78, 5) is 21.6. The molecule has 1 amide bonds. The highest BCUT2D eigenvalue weighted by atomic mass is 32.1. The van der Waals surface area contributed by atoms with Crippen LogP contribution in [0.5, 0.6) is 5.75 Å². The van der Waals surface area contributed by atoms with Crippen molar-refractivity contribution in [2.24, 2.45) is 0 Å². The fourth-order valence-electron chi connectivity index (χ4n) is 4.50. The van der Waals surface area contributed by atoms with Crippen molar-refractivity contribution in [2.45, 2.75) is 45.8 Å². The molecule has 1 N–H and O–H groups in total. The van der Waals surface area contributed by atoms with Crippen LogP contribution >= 0.6 is 11.3 Å². The maximum atomic E-state index is 12.9. The van der Waals surface area contributed by atoms with Crippen molar-refractivity contribution >= 4 is 17.2 Å².